The first-order valence-corrected chi connectivity index (χ1v) is 14.1. The number of rotatable bonds is 12. The van der Waals surface area contributed by atoms with Gasteiger partial charge in [-0.3, -0.25) is 24.0 Å². The van der Waals surface area contributed by atoms with E-state index in [0.29, 0.717) is 22.6 Å². The maximum atomic E-state index is 13.7. The molecule has 202 valence electrons. The fraction of sp³-hybridized carbons (Fsp3) is 0.440. The van der Waals surface area contributed by atoms with Crippen LogP contribution in [-0.4, -0.2) is 54.9 Å². The van der Waals surface area contributed by atoms with Gasteiger partial charge in [-0.05, 0) is 49.9 Å². The van der Waals surface area contributed by atoms with E-state index in [4.69, 9.17) is 11.6 Å². The topological polar surface area (TPSA) is 130 Å². The highest BCUT2D eigenvalue weighted by Crippen LogP contribution is 2.28. The van der Waals surface area contributed by atoms with Crippen molar-refractivity contribution in [3.05, 3.63) is 68.7 Å². The summed E-state index contributed by atoms with van der Waals surface area (Å²) in [7, 11) is -4.02. The lowest BCUT2D eigenvalue weighted by atomic mass is 10.1. The van der Waals surface area contributed by atoms with Gasteiger partial charge < -0.3 is 10.2 Å². The molecular weight excluding hydrogens is 520 g/mol. The number of sulfonamides is 1. The van der Waals surface area contributed by atoms with Gasteiger partial charge in [0.1, 0.15) is 12.6 Å². The van der Waals surface area contributed by atoms with E-state index in [-0.39, 0.29) is 36.3 Å². The molecule has 2 amide bonds. The summed E-state index contributed by atoms with van der Waals surface area (Å²) in [6.45, 7) is 6.54. The second-order valence-corrected chi connectivity index (χ2v) is 11.2. The molecule has 0 aliphatic carbocycles. The molecule has 0 spiro atoms. The van der Waals surface area contributed by atoms with Crippen LogP contribution in [0.25, 0.3) is 0 Å². The van der Waals surface area contributed by atoms with Gasteiger partial charge in [0.25, 0.3) is 5.69 Å². The van der Waals surface area contributed by atoms with Crippen molar-refractivity contribution in [2.45, 2.75) is 59.2 Å². The minimum absolute atomic E-state index is 0.0219. The van der Waals surface area contributed by atoms with Crippen molar-refractivity contribution in [3.8, 4) is 0 Å². The van der Waals surface area contributed by atoms with Gasteiger partial charge in [0, 0.05) is 29.7 Å². The maximum Gasteiger partial charge on any atom is 0.271 e. The van der Waals surface area contributed by atoms with E-state index < -0.39 is 33.4 Å². The lowest BCUT2D eigenvalue weighted by molar-refractivity contribution is -0.384. The van der Waals surface area contributed by atoms with Crippen molar-refractivity contribution in [1.29, 1.82) is 0 Å². The van der Waals surface area contributed by atoms with Crippen molar-refractivity contribution in [2.75, 3.05) is 17.1 Å². The summed E-state index contributed by atoms with van der Waals surface area (Å²) in [4.78, 5) is 38.9. The number of hydrogen-bond donors (Lipinski definition) is 1. The predicted octanol–water partition coefficient (Wildman–Crippen LogP) is 4.04. The van der Waals surface area contributed by atoms with E-state index in [0.717, 1.165) is 16.6 Å². The molecule has 0 saturated heterocycles. The molecule has 0 unspecified atom stereocenters. The van der Waals surface area contributed by atoms with Gasteiger partial charge in [0.15, 0.2) is 0 Å². The Morgan fingerprint density at radius 1 is 1.11 bits per heavy atom. The minimum Gasteiger partial charge on any atom is -0.352 e. The number of hydrogen-bond acceptors (Lipinski definition) is 6. The lowest BCUT2D eigenvalue weighted by Gasteiger charge is -2.33. The highest BCUT2D eigenvalue weighted by atomic mass is 35.5. The molecule has 0 aromatic heterocycles. The fourth-order valence-electron chi connectivity index (χ4n) is 3.72. The molecule has 2 rings (SSSR count). The zero-order chi connectivity index (χ0) is 27.9. The number of nitro groups is 1. The number of amides is 2. The number of carbonyl (C=O) groups excluding carboxylic acids is 2. The molecule has 1 N–H and O–H groups in total. The molecule has 2 aromatic rings. The normalized spacial score (nSPS) is 12.9. The molecule has 0 aliphatic heterocycles. The molecule has 37 heavy (non-hydrogen) atoms. The van der Waals surface area contributed by atoms with E-state index >= 15 is 0 Å². The number of aryl methyl sites for hydroxylation is 1. The smallest absolute Gasteiger partial charge is 0.271 e. The number of non-ortho nitro benzene ring substituents is 1. The molecule has 0 heterocycles. The molecule has 0 aliphatic rings. The standard InChI is InChI=1S/C25H33ClN4O6S/c1-6-18(4)27-25(32)22(7-2)28(15-19-9-11-20(26)12-10-19)24(31)16-29(37(5,35)36)23-14-21(30(33)34)13-8-17(23)3/h8-14,18,22H,6-7,15-16H2,1-5H3,(H,27,32)/t18-,22+/m1/s1. The van der Waals surface area contributed by atoms with Crippen molar-refractivity contribution in [1.82, 2.24) is 10.2 Å². The van der Waals surface area contributed by atoms with Gasteiger partial charge in [-0.15, -0.1) is 0 Å². The first-order chi connectivity index (χ1) is 17.3. The summed E-state index contributed by atoms with van der Waals surface area (Å²) in [5, 5.41) is 14.7. The van der Waals surface area contributed by atoms with Gasteiger partial charge in [0.2, 0.25) is 21.8 Å². The Hall–Kier alpha value is -3.18. The molecule has 12 heteroatoms. The lowest BCUT2D eigenvalue weighted by Crippen LogP contribution is -2.53. The summed E-state index contributed by atoms with van der Waals surface area (Å²) >= 11 is 5.99. The number of halogens is 1. The van der Waals surface area contributed by atoms with E-state index in [1.165, 1.54) is 17.0 Å². The number of anilines is 1. The van der Waals surface area contributed by atoms with Crippen LogP contribution in [0, 0.1) is 17.0 Å². The Morgan fingerprint density at radius 2 is 1.73 bits per heavy atom. The molecule has 2 atom stereocenters. The average Bonchev–Trinajstić information content (AvgIpc) is 2.83. The number of carbonyl (C=O) groups is 2. The van der Waals surface area contributed by atoms with Crippen molar-refractivity contribution < 1.29 is 22.9 Å². The summed E-state index contributed by atoms with van der Waals surface area (Å²) in [6.07, 6.45) is 1.91. The Labute approximate surface area is 222 Å². The first kappa shape index (κ1) is 30.0. The molecular formula is C25H33ClN4O6S. The third kappa shape index (κ3) is 8.16. The van der Waals surface area contributed by atoms with Gasteiger partial charge in [-0.2, -0.15) is 0 Å². The van der Waals surface area contributed by atoms with Crippen LogP contribution in [0.5, 0.6) is 0 Å². The number of benzene rings is 2. The predicted molar refractivity (Wildman–Crippen MR) is 144 cm³/mol. The molecule has 0 radical (unpaired) electrons. The Kier molecular flexibility index (Phi) is 10.4. The van der Waals surface area contributed by atoms with Crippen molar-refractivity contribution in [2.24, 2.45) is 0 Å². The summed E-state index contributed by atoms with van der Waals surface area (Å²) in [5.74, 6) is -0.978. The molecule has 0 fully saturated rings. The summed E-state index contributed by atoms with van der Waals surface area (Å²) < 4.78 is 26.4. The van der Waals surface area contributed by atoms with Crippen LogP contribution in [0.3, 0.4) is 0 Å². The average molecular weight is 553 g/mol. The third-order valence-corrected chi connectivity index (χ3v) is 7.38. The van der Waals surface area contributed by atoms with E-state index in [2.05, 4.69) is 5.32 Å². The maximum absolute atomic E-state index is 13.7. The fourth-order valence-corrected chi connectivity index (χ4v) is 4.75. The Morgan fingerprint density at radius 3 is 2.24 bits per heavy atom. The number of nitrogens with one attached hydrogen (secondary N) is 1. The van der Waals surface area contributed by atoms with Crippen molar-refractivity contribution >= 4 is 44.8 Å². The summed E-state index contributed by atoms with van der Waals surface area (Å²) in [6, 6.07) is 9.60. The summed E-state index contributed by atoms with van der Waals surface area (Å²) in [5.41, 5.74) is 0.854. The zero-order valence-electron chi connectivity index (χ0n) is 21.6. The van der Waals surface area contributed by atoms with Gasteiger partial charge in [-0.25, -0.2) is 8.42 Å². The largest absolute Gasteiger partial charge is 0.352 e. The van der Waals surface area contributed by atoms with Crippen molar-refractivity contribution in [3.63, 3.8) is 0 Å². The van der Waals surface area contributed by atoms with E-state index in [1.54, 1.807) is 38.1 Å². The zero-order valence-corrected chi connectivity index (χ0v) is 23.2. The molecule has 0 saturated carbocycles. The quantitative estimate of drug-likeness (QED) is 0.312. The number of nitrogens with zero attached hydrogens (tertiary/aromatic N) is 3. The molecule has 0 bridgehead atoms. The van der Waals surface area contributed by atoms with Crippen LogP contribution in [0.1, 0.15) is 44.7 Å². The van der Waals surface area contributed by atoms with Gasteiger partial charge in [0.05, 0.1) is 16.9 Å². The molecule has 2 aromatic carbocycles. The second-order valence-electron chi connectivity index (χ2n) is 8.89. The number of nitro benzene ring substituents is 1. The van der Waals surface area contributed by atoms with Gasteiger partial charge in [-0.1, -0.05) is 43.6 Å². The second kappa shape index (κ2) is 12.9. The highest BCUT2D eigenvalue weighted by molar-refractivity contribution is 7.92. The van der Waals surface area contributed by atoms with Crippen LogP contribution >= 0.6 is 11.6 Å². The van der Waals surface area contributed by atoms with Crippen LogP contribution in [0.15, 0.2) is 42.5 Å². The van der Waals surface area contributed by atoms with Crippen LogP contribution < -0.4 is 9.62 Å². The van der Waals surface area contributed by atoms with Crippen LogP contribution in [-0.2, 0) is 26.2 Å². The Balaban J connectivity index is 2.52. The Bertz CT molecular complexity index is 1240. The monoisotopic (exact) mass is 552 g/mol. The minimum atomic E-state index is -4.02. The van der Waals surface area contributed by atoms with E-state index in [1.807, 2.05) is 13.8 Å². The third-order valence-electron chi connectivity index (χ3n) is 6.00. The molecule has 10 nitrogen and oxygen atoms in total. The van der Waals surface area contributed by atoms with Gasteiger partial charge >= 0.3 is 0 Å². The van der Waals surface area contributed by atoms with Crippen LogP contribution in [0.2, 0.25) is 5.02 Å². The first-order valence-electron chi connectivity index (χ1n) is 11.8. The highest BCUT2D eigenvalue weighted by Gasteiger charge is 2.33. The SMILES string of the molecule is CC[C@@H](C)NC(=O)[C@H](CC)N(Cc1ccc(Cl)cc1)C(=O)CN(c1cc([N+](=O)[O-])ccc1C)S(C)(=O)=O. The van der Waals surface area contributed by atoms with E-state index in [9.17, 15) is 28.1 Å². The van der Waals surface area contributed by atoms with Crippen LogP contribution in [0.4, 0.5) is 11.4 Å².